The number of hydrogen-bond acceptors (Lipinski definition) is 6. The van der Waals surface area contributed by atoms with Crippen LogP contribution in [-0.2, 0) is 13.1 Å². The zero-order valence-corrected chi connectivity index (χ0v) is 14.4. The summed E-state index contributed by atoms with van der Waals surface area (Å²) in [5.41, 5.74) is 2.53. The van der Waals surface area contributed by atoms with E-state index in [0.29, 0.717) is 46.8 Å². The van der Waals surface area contributed by atoms with Gasteiger partial charge in [0, 0.05) is 7.05 Å². The van der Waals surface area contributed by atoms with Crippen LogP contribution in [-0.4, -0.2) is 44.6 Å². The standard InChI is InChI=1S/C16H15ClN6O2/c1-18-6-12-20-15(21-25-12)14-11-7-22(2)16(24)13-9(17)4-3-5-10(13)23(11)8-19-14/h3-5,8,18H,6-7H2,1-2H3. The summed E-state index contributed by atoms with van der Waals surface area (Å²) in [5, 5.41) is 7.37. The molecule has 0 aliphatic carbocycles. The van der Waals surface area contributed by atoms with Gasteiger partial charge in [-0.05, 0) is 19.2 Å². The van der Waals surface area contributed by atoms with Crippen molar-refractivity contribution in [2.24, 2.45) is 0 Å². The van der Waals surface area contributed by atoms with E-state index in [1.54, 1.807) is 31.4 Å². The Bertz CT molecular complexity index is 963. The molecule has 1 aliphatic rings. The van der Waals surface area contributed by atoms with Crippen LogP contribution in [0.3, 0.4) is 0 Å². The van der Waals surface area contributed by atoms with Gasteiger partial charge in [-0.15, -0.1) is 0 Å². The third-order valence-electron chi connectivity index (χ3n) is 4.07. The summed E-state index contributed by atoms with van der Waals surface area (Å²) in [6.45, 7) is 0.828. The second-order valence-corrected chi connectivity index (χ2v) is 6.15. The van der Waals surface area contributed by atoms with Crippen LogP contribution in [0.5, 0.6) is 0 Å². The van der Waals surface area contributed by atoms with Crippen LogP contribution in [0, 0.1) is 0 Å². The first-order chi connectivity index (χ1) is 12.1. The maximum atomic E-state index is 12.7. The highest BCUT2D eigenvalue weighted by molar-refractivity contribution is 6.34. The number of benzene rings is 1. The summed E-state index contributed by atoms with van der Waals surface area (Å²) in [6, 6.07) is 5.36. The van der Waals surface area contributed by atoms with Gasteiger partial charge >= 0.3 is 0 Å². The van der Waals surface area contributed by atoms with Crippen LogP contribution in [0.25, 0.3) is 17.2 Å². The van der Waals surface area contributed by atoms with Crippen LogP contribution >= 0.6 is 11.6 Å². The average molecular weight is 359 g/mol. The molecule has 3 heterocycles. The van der Waals surface area contributed by atoms with Crippen molar-refractivity contribution in [3.05, 3.63) is 46.7 Å². The van der Waals surface area contributed by atoms with Crippen LogP contribution in [0.2, 0.25) is 5.02 Å². The number of amides is 1. The number of nitrogens with zero attached hydrogens (tertiary/aromatic N) is 5. The van der Waals surface area contributed by atoms with E-state index in [-0.39, 0.29) is 5.91 Å². The molecule has 128 valence electrons. The minimum Gasteiger partial charge on any atom is -0.337 e. The van der Waals surface area contributed by atoms with E-state index >= 15 is 0 Å². The van der Waals surface area contributed by atoms with Crippen LogP contribution in [0.1, 0.15) is 21.9 Å². The molecule has 2 aromatic heterocycles. The van der Waals surface area contributed by atoms with Crippen molar-refractivity contribution in [3.8, 4) is 17.2 Å². The lowest BCUT2D eigenvalue weighted by Crippen LogP contribution is -2.25. The monoisotopic (exact) mass is 358 g/mol. The number of carbonyl (C=O) groups is 1. The van der Waals surface area contributed by atoms with Crippen molar-refractivity contribution in [1.82, 2.24) is 29.9 Å². The van der Waals surface area contributed by atoms with E-state index in [0.717, 1.165) is 5.69 Å². The smallest absolute Gasteiger partial charge is 0.257 e. The molecule has 0 radical (unpaired) electrons. The molecule has 1 amide bonds. The SMILES string of the molecule is CNCc1nc(-c2ncn3c2CN(C)C(=O)c2c(Cl)cccc2-3)no1. The molecule has 25 heavy (non-hydrogen) atoms. The Morgan fingerprint density at radius 2 is 2.24 bits per heavy atom. The van der Waals surface area contributed by atoms with E-state index in [9.17, 15) is 4.79 Å². The van der Waals surface area contributed by atoms with Gasteiger partial charge in [-0.2, -0.15) is 4.98 Å². The minimum absolute atomic E-state index is 0.140. The van der Waals surface area contributed by atoms with Crippen molar-refractivity contribution in [3.63, 3.8) is 0 Å². The predicted molar refractivity (Wildman–Crippen MR) is 90.4 cm³/mol. The second kappa shape index (κ2) is 5.98. The number of halogens is 1. The molecule has 3 aromatic rings. The summed E-state index contributed by atoms with van der Waals surface area (Å²) in [4.78, 5) is 23.1. The first-order valence-corrected chi connectivity index (χ1v) is 8.06. The Kier molecular flexibility index (Phi) is 3.78. The lowest BCUT2D eigenvalue weighted by molar-refractivity contribution is 0.0788. The van der Waals surface area contributed by atoms with Gasteiger partial charge in [0.25, 0.3) is 5.91 Å². The number of hydrogen-bond donors (Lipinski definition) is 1. The number of aromatic nitrogens is 4. The van der Waals surface area contributed by atoms with Crippen LogP contribution in [0.4, 0.5) is 0 Å². The fourth-order valence-electron chi connectivity index (χ4n) is 2.91. The Balaban J connectivity index is 1.88. The average Bonchev–Trinajstić information content (AvgIpc) is 3.19. The van der Waals surface area contributed by atoms with E-state index < -0.39 is 0 Å². The summed E-state index contributed by atoms with van der Waals surface area (Å²) >= 11 is 6.28. The van der Waals surface area contributed by atoms with E-state index in [1.807, 2.05) is 16.7 Å². The molecular formula is C16H15ClN6O2. The molecule has 1 aromatic carbocycles. The normalized spacial score (nSPS) is 13.6. The van der Waals surface area contributed by atoms with E-state index in [1.165, 1.54) is 0 Å². The molecule has 0 unspecified atom stereocenters. The Labute approximate surface area is 148 Å². The first kappa shape index (κ1) is 15.8. The van der Waals surface area contributed by atoms with Gasteiger partial charge in [0.05, 0.1) is 35.1 Å². The van der Waals surface area contributed by atoms with Crippen molar-refractivity contribution in [2.75, 3.05) is 14.1 Å². The number of carbonyl (C=O) groups excluding carboxylic acids is 1. The fraction of sp³-hybridized carbons (Fsp3) is 0.250. The van der Waals surface area contributed by atoms with E-state index in [2.05, 4.69) is 20.4 Å². The maximum absolute atomic E-state index is 12.7. The second-order valence-electron chi connectivity index (χ2n) is 5.75. The summed E-state index contributed by atoms with van der Waals surface area (Å²) in [7, 11) is 3.53. The number of imidazole rings is 1. The highest BCUT2D eigenvalue weighted by atomic mass is 35.5. The van der Waals surface area contributed by atoms with Gasteiger partial charge in [0.2, 0.25) is 11.7 Å². The molecule has 0 atom stereocenters. The molecule has 0 fully saturated rings. The molecule has 0 spiro atoms. The molecule has 0 saturated carbocycles. The van der Waals surface area contributed by atoms with Crippen molar-refractivity contribution in [2.45, 2.75) is 13.1 Å². The van der Waals surface area contributed by atoms with Crippen LogP contribution < -0.4 is 5.32 Å². The third kappa shape index (κ3) is 2.50. The summed E-state index contributed by atoms with van der Waals surface area (Å²) in [5.74, 6) is 0.727. The molecule has 1 N–H and O–H groups in total. The zero-order chi connectivity index (χ0) is 17.6. The number of fused-ring (bicyclic) bond motifs is 3. The third-order valence-corrected chi connectivity index (χ3v) is 4.39. The Hall–Kier alpha value is -2.71. The zero-order valence-electron chi connectivity index (χ0n) is 13.7. The van der Waals surface area contributed by atoms with Crippen molar-refractivity contribution >= 4 is 17.5 Å². The minimum atomic E-state index is -0.140. The summed E-state index contributed by atoms with van der Waals surface area (Å²) in [6.07, 6.45) is 1.65. The molecule has 0 bridgehead atoms. The van der Waals surface area contributed by atoms with Gasteiger partial charge in [-0.1, -0.05) is 22.8 Å². The maximum Gasteiger partial charge on any atom is 0.257 e. The molecule has 1 aliphatic heterocycles. The lowest BCUT2D eigenvalue weighted by atomic mass is 10.1. The molecular weight excluding hydrogens is 344 g/mol. The van der Waals surface area contributed by atoms with Crippen molar-refractivity contribution in [1.29, 1.82) is 0 Å². The van der Waals surface area contributed by atoms with Crippen molar-refractivity contribution < 1.29 is 9.32 Å². The largest absolute Gasteiger partial charge is 0.337 e. The Morgan fingerprint density at radius 3 is 3.04 bits per heavy atom. The van der Waals surface area contributed by atoms with Crippen LogP contribution in [0.15, 0.2) is 29.0 Å². The van der Waals surface area contributed by atoms with Gasteiger partial charge < -0.3 is 14.7 Å². The van der Waals surface area contributed by atoms with Gasteiger partial charge in [0.15, 0.2) is 0 Å². The van der Waals surface area contributed by atoms with Gasteiger partial charge in [0.1, 0.15) is 12.0 Å². The lowest BCUT2D eigenvalue weighted by Gasteiger charge is -2.14. The number of rotatable bonds is 3. The quantitative estimate of drug-likeness (QED) is 0.769. The Morgan fingerprint density at radius 1 is 1.40 bits per heavy atom. The molecule has 4 rings (SSSR count). The molecule has 9 heteroatoms. The highest BCUT2D eigenvalue weighted by Gasteiger charge is 2.29. The first-order valence-electron chi connectivity index (χ1n) is 7.68. The topological polar surface area (TPSA) is 89.1 Å². The fourth-order valence-corrected chi connectivity index (χ4v) is 3.16. The summed E-state index contributed by atoms with van der Waals surface area (Å²) < 4.78 is 7.07. The predicted octanol–water partition coefficient (Wildman–Crippen LogP) is 1.88. The van der Waals surface area contributed by atoms with Gasteiger partial charge in [-0.25, -0.2) is 4.98 Å². The molecule has 0 saturated heterocycles. The molecule has 8 nitrogen and oxygen atoms in total. The van der Waals surface area contributed by atoms with E-state index in [4.69, 9.17) is 16.1 Å². The highest BCUT2D eigenvalue weighted by Crippen LogP contribution is 2.32. The number of nitrogens with one attached hydrogen (secondary N) is 1. The van der Waals surface area contributed by atoms with Gasteiger partial charge in [-0.3, -0.25) is 9.36 Å².